The number of ether oxygens (including phenoxy) is 1. The third-order valence-corrected chi connectivity index (χ3v) is 5.17. The molecule has 0 atom stereocenters. The first kappa shape index (κ1) is 22.4. The summed E-state index contributed by atoms with van der Waals surface area (Å²) in [5.41, 5.74) is -1.13. The maximum atomic E-state index is 12.6. The highest BCUT2D eigenvalue weighted by atomic mass is 79.9. The first-order chi connectivity index (χ1) is 13.0. The summed E-state index contributed by atoms with van der Waals surface area (Å²) < 4.78 is 71.1. The lowest BCUT2D eigenvalue weighted by Gasteiger charge is -2.14. The molecule has 2 aromatic heterocycles. The van der Waals surface area contributed by atoms with Crippen LogP contribution in [0.5, 0.6) is 5.88 Å². The molecule has 28 heavy (non-hydrogen) atoms. The summed E-state index contributed by atoms with van der Waals surface area (Å²) in [5.74, 6) is 0.0606. The van der Waals surface area contributed by atoms with Gasteiger partial charge in [0.2, 0.25) is 5.88 Å². The van der Waals surface area contributed by atoms with Gasteiger partial charge in [-0.15, -0.1) is 0 Å². The molecule has 12 heteroatoms. The zero-order chi connectivity index (χ0) is 20.9. The van der Waals surface area contributed by atoms with Crippen LogP contribution in [0.4, 0.5) is 18.9 Å². The predicted molar refractivity (Wildman–Crippen MR) is 101 cm³/mol. The van der Waals surface area contributed by atoms with Crippen molar-refractivity contribution < 1.29 is 26.3 Å². The highest BCUT2D eigenvalue weighted by Crippen LogP contribution is 2.30. The van der Waals surface area contributed by atoms with Crippen LogP contribution in [0, 0.1) is 0 Å². The fourth-order valence-corrected chi connectivity index (χ4v) is 3.40. The molecule has 0 radical (unpaired) electrons. The van der Waals surface area contributed by atoms with E-state index in [1.54, 1.807) is 0 Å². The zero-order valence-corrected chi connectivity index (χ0v) is 17.4. The van der Waals surface area contributed by atoms with Crippen LogP contribution in [0.15, 0.2) is 40.0 Å². The van der Waals surface area contributed by atoms with Gasteiger partial charge in [-0.05, 0) is 54.6 Å². The molecular weight excluding hydrogens is 465 g/mol. The van der Waals surface area contributed by atoms with Crippen molar-refractivity contribution in [2.45, 2.75) is 17.5 Å². The van der Waals surface area contributed by atoms with Gasteiger partial charge in [0, 0.05) is 23.4 Å². The van der Waals surface area contributed by atoms with E-state index < -0.39 is 26.8 Å². The smallest absolute Gasteiger partial charge is 0.433 e. The lowest BCUT2D eigenvalue weighted by molar-refractivity contribution is -0.141. The maximum absolute atomic E-state index is 12.6. The molecule has 0 saturated heterocycles. The van der Waals surface area contributed by atoms with Crippen molar-refractivity contribution in [2.24, 2.45) is 0 Å². The molecule has 1 N–H and O–H groups in total. The number of pyridine rings is 2. The van der Waals surface area contributed by atoms with Crippen LogP contribution in [0.1, 0.15) is 12.1 Å². The Morgan fingerprint density at radius 3 is 2.50 bits per heavy atom. The maximum Gasteiger partial charge on any atom is 0.433 e. The number of nitrogens with zero attached hydrogens (tertiary/aromatic N) is 3. The zero-order valence-electron chi connectivity index (χ0n) is 15.0. The highest BCUT2D eigenvalue weighted by molar-refractivity contribution is 9.10. The van der Waals surface area contributed by atoms with Crippen LogP contribution in [-0.2, 0) is 16.2 Å². The van der Waals surface area contributed by atoms with Gasteiger partial charge >= 0.3 is 6.18 Å². The fraction of sp³-hybridized carbons (Fsp3) is 0.375. The van der Waals surface area contributed by atoms with E-state index in [1.807, 2.05) is 19.0 Å². The molecule has 0 saturated carbocycles. The molecular formula is C16H18BrF3N4O3S. The van der Waals surface area contributed by atoms with E-state index in [9.17, 15) is 21.6 Å². The minimum Gasteiger partial charge on any atom is -0.476 e. The van der Waals surface area contributed by atoms with E-state index in [0.717, 1.165) is 12.6 Å². The molecule has 0 aromatic carbocycles. The summed E-state index contributed by atoms with van der Waals surface area (Å²) in [7, 11) is -0.363. The van der Waals surface area contributed by atoms with E-state index in [-0.39, 0.29) is 11.6 Å². The van der Waals surface area contributed by atoms with E-state index in [0.29, 0.717) is 29.8 Å². The van der Waals surface area contributed by atoms with Crippen LogP contribution in [0.2, 0.25) is 0 Å². The Morgan fingerprint density at radius 1 is 1.21 bits per heavy atom. The minimum atomic E-state index is -4.66. The molecule has 0 aliphatic carbocycles. The van der Waals surface area contributed by atoms with E-state index >= 15 is 0 Å². The Kier molecular flexibility index (Phi) is 7.23. The number of hydrogen-bond donors (Lipinski definition) is 1. The van der Waals surface area contributed by atoms with E-state index in [1.165, 1.54) is 12.3 Å². The van der Waals surface area contributed by atoms with Crippen molar-refractivity contribution in [2.75, 3.05) is 32.0 Å². The summed E-state index contributed by atoms with van der Waals surface area (Å²) in [6.45, 7) is 1.08. The number of hydrogen-bond acceptors (Lipinski definition) is 6. The summed E-state index contributed by atoms with van der Waals surface area (Å²) in [6.07, 6.45) is -1.87. The van der Waals surface area contributed by atoms with E-state index in [4.69, 9.17) is 4.74 Å². The fourth-order valence-electron chi connectivity index (χ4n) is 2.08. The summed E-state index contributed by atoms with van der Waals surface area (Å²) in [6, 6.07) is 2.89. The van der Waals surface area contributed by atoms with Crippen molar-refractivity contribution in [3.8, 4) is 5.88 Å². The Bertz CT molecular complexity index is 906. The second-order valence-corrected chi connectivity index (χ2v) is 8.59. The molecule has 0 bridgehead atoms. The first-order valence-electron chi connectivity index (χ1n) is 7.98. The third-order valence-electron chi connectivity index (χ3n) is 3.39. The molecule has 0 amide bonds. The lowest BCUT2D eigenvalue weighted by Crippen LogP contribution is -2.17. The monoisotopic (exact) mass is 482 g/mol. The van der Waals surface area contributed by atoms with Crippen molar-refractivity contribution >= 4 is 31.6 Å². The minimum absolute atomic E-state index is 0.0547. The van der Waals surface area contributed by atoms with Gasteiger partial charge in [-0.2, -0.15) is 13.2 Å². The number of anilines is 1. The predicted octanol–water partition coefficient (Wildman–Crippen LogP) is 3.39. The molecule has 0 unspecified atom stereocenters. The molecule has 2 aromatic rings. The first-order valence-corrected chi connectivity index (χ1v) is 10.3. The van der Waals surface area contributed by atoms with Crippen LogP contribution in [0.3, 0.4) is 0 Å². The van der Waals surface area contributed by atoms with Crippen molar-refractivity contribution in [3.63, 3.8) is 0 Å². The molecule has 0 fully saturated rings. The topological polar surface area (TPSA) is 84.4 Å². The van der Waals surface area contributed by atoms with Gasteiger partial charge in [-0.3, -0.25) is 9.71 Å². The van der Waals surface area contributed by atoms with Gasteiger partial charge in [0.25, 0.3) is 10.0 Å². The van der Waals surface area contributed by atoms with Crippen LogP contribution in [0.25, 0.3) is 0 Å². The van der Waals surface area contributed by atoms with Gasteiger partial charge in [0.15, 0.2) is 0 Å². The second-order valence-electron chi connectivity index (χ2n) is 5.99. The van der Waals surface area contributed by atoms with Crippen LogP contribution in [-0.4, -0.2) is 50.5 Å². The number of alkyl halides is 3. The average molecular weight is 483 g/mol. The molecule has 0 spiro atoms. The molecule has 0 aliphatic rings. The normalized spacial score (nSPS) is 12.2. The Balaban J connectivity index is 2.19. The quantitative estimate of drug-likeness (QED) is 0.580. The average Bonchev–Trinajstić information content (AvgIpc) is 2.59. The van der Waals surface area contributed by atoms with Gasteiger partial charge in [-0.25, -0.2) is 13.4 Å². The number of nitrogens with one attached hydrogen (secondary N) is 1. The van der Waals surface area contributed by atoms with Crippen molar-refractivity contribution in [3.05, 3.63) is 40.8 Å². The molecule has 0 aliphatic heterocycles. The summed E-state index contributed by atoms with van der Waals surface area (Å²) >= 11 is 3.20. The Morgan fingerprint density at radius 2 is 1.93 bits per heavy atom. The second kappa shape index (κ2) is 9.05. The molecule has 7 nitrogen and oxygen atoms in total. The Labute approximate surface area is 169 Å². The van der Waals surface area contributed by atoms with Gasteiger partial charge in [0.1, 0.15) is 16.3 Å². The number of halogens is 4. The van der Waals surface area contributed by atoms with Crippen LogP contribution >= 0.6 is 15.9 Å². The summed E-state index contributed by atoms with van der Waals surface area (Å²) in [4.78, 5) is 8.77. The van der Waals surface area contributed by atoms with E-state index in [2.05, 4.69) is 30.6 Å². The Hall–Kier alpha value is -1.92. The number of aromatic nitrogens is 2. The largest absolute Gasteiger partial charge is 0.476 e. The van der Waals surface area contributed by atoms with Crippen molar-refractivity contribution in [1.29, 1.82) is 0 Å². The van der Waals surface area contributed by atoms with Crippen LogP contribution < -0.4 is 9.46 Å². The van der Waals surface area contributed by atoms with Crippen molar-refractivity contribution in [1.82, 2.24) is 14.9 Å². The van der Waals surface area contributed by atoms with Gasteiger partial charge in [-0.1, -0.05) is 0 Å². The number of rotatable bonds is 8. The van der Waals surface area contributed by atoms with Gasteiger partial charge in [0.05, 0.1) is 6.61 Å². The highest BCUT2D eigenvalue weighted by Gasteiger charge is 2.32. The third kappa shape index (κ3) is 6.31. The number of sulfonamides is 1. The standard InChI is InChI=1S/C16H18BrF3N4O3S/c1-24(2)6-3-7-27-15-13(8-11(17)9-22-15)23-28(25,26)12-4-5-14(21-10-12)16(18,19)20/h4-5,8-10,23H,3,6-7H2,1-2H3. The van der Waals surface area contributed by atoms with Gasteiger partial charge < -0.3 is 9.64 Å². The molecule has 154 valence electrons. The lowest BCUT2D eigenvalue weighted by atomic mass is 10.3. The SMILES string of the molecule is CN(C)CCCOc1ncc(Br)cc1NS(=O)(=O)c1ccc(C(F)(F)F)nc1. The molecule has 2 rings (SSSR count). The summed E-state index contributed by atoms with van der Waals surface area (Å²) in [5, 5.41) is 0. The molecule has 2 heterocycles.